The van der Waals surface area contributed by atoms with E-state index in [-0.39, 0.29) is 17.9 Å². The lowest BCUT2D eigenvalue weighted by Crippen LogP contribution is -2.43. The van der Waals surface area contributed by atoms with Crippen LogP contribution < -0.4 is 10.7 Å². The number of para-hydroxylation sites is 1. The van der Waals surface area contributed by atoms with Gasteiger partial charge in [0, 0.05) is 41.1 Å². The highest BCUT2D eigenvalue weighted by Crippen LogP contribution is 2.35. The molecule has 0 spiro atoms. The standard InChI is InChI=1S/C22H24N4O/c1-13(2)21(27)15-9-11-16(12-10-15)23-20-17-7-5-6-8-18(17)24-22-19(20)14(3)25-26(22)4/h5-13,22,24-25H,1-4H3. The molecule has 0 saturated carbocycles. The van der Waals surface area contributed by atoms with Crippen molar-refractivity contribution in [2.45, 2.75) is 26.9 Å². The van der Waals surface area contributed by atoms with Gasteiger partial charge in [-0.05, 0) is 37.3 Å². The van der Waals surface area contributed by atoms with Crippen molar-refractivity contribution in [2.24, 2.45) is 10.9 Å². The SMILES string of the molecule is CC1=C2C(=Nc3ccc(C(=O)C(C)C)cc3)c3ccccc3NC2N(C)N1. The summed E-state index contributed by atoms with van der Waals surface area (Å²) in [6, 6.07) is 15.8. The molecule has 0 fully saturated rings. The van der Waals surface area contributed by atoms with E-state index in [0.717, 1.165) is 39.5 Å². The van der Waals surface area contributed by atoms with Crippen LogP contribution in [0.15, 0.2) is 64.8 Å². The zero-order chi connectivity index (χ0) is 19.1. The molecular weight excluding hydrogens is 336 g/mol. The number of nitrogens with one attached hydrogen (secondary N) is 2. The molecule has 1 unspecified atom stereocenters. The summed E-state index contributed by atoms with van der Waals surface area (Å²) < 4.78 is 0. The maximum Gasteiger partial charge on any atom is 0.165 e. The normalized spacial score (nSPS) is 20.3. The second kappa shape index (κ2) is 6.67. The predicted octanol–water partition coefficient (Wildman–Crippen LogP) is 4.12. The fourth-order valence-corrected chi connectivity index (χ4v) is 3.66. The highest BCUT2D eigenvalue weighted by Gasteiger charge is 2.36. The summed E-state index contributed by atoms with van der Waals surface area (Å²) in [7, 11) is 2.02. The Morgan fingerprint density at radius 2 is 1.81 bits per heavy atom. The lowest BCUT2D eigenvalue weighted by atomic mass is 9.93. The van der Waals surface area contributed by atoms with Crippen LogP contribution in [-0.4, -0.2) is 29.7 Å². The van der Waals surface area contributed by atoms with Crippen LogP contribution in [0.5, 0.6) is 0 Å². The second-order valence-corrected chi connectivity index (χ2v) is 7.38. The first-order valence-corrected chi connectivity index (χ1v) is 9.25. The Morgan fingerprint density at radius 1 is 1.11 bits per heavy atom. The zero-order valence-electron chi connectivity index (χ0n) is 16.1. The maximum atomic E-state index is 12.2. The molecule has 2 aromatic carbocycles. The number of fused-ring (bicyclic) bond motifs is 2. The fraction of sp³-hybridized carbons (Fsp3) is 0.273. The largest absolute Gasteiger partial charge is 0.364 e. The van der Waals surface area contributed by atoms with Gasteiger partial charge in [0.2, 0.25) is 0 Å². The van der Waals surface area contributed by atoms with Crippen LogP contribution in [-0.2, 0) is 0 Å². The second-order valence-electron chi connectivity index (χ2n) is 7.38. The molecule has 0 amide bonds. The Labute approximate surface area is 159 Å². The van der Waals surface area contributed by atoms with E-state index in [9.17, 15) is 4.79 Å². The molecule has 0 bridgehead atoms. The number of allylic oxidation sites excluding steroid dienone is 1. The summed E-state index contributed by atoms with van der Waals surface area (Å²) in [6.07, 6.45) is 0.0421. The first kappa shape index (κ1) is 17.5. The maximum absolute atomic E-state index is 12.2. The van der Waals surface area contributed by atoms with E-state index in [1.54, 1.807) is 0 Å². The van der Waals surface area contributed by atoms with Gasteiger partial charge in [0.05, 0.1) is 11.4 Å². The van der Waals surface area contributed by atoms with Crippen LogP contribution in [0.2, 0.25) is 0 Å². The summed E-state index contributed by atoms with van der Waals surface area (Å²) in [5.74, 6) is 0.147. The Bertz CT molecular complexity index is 957. The number of anilines is 1. The van der Waals surface area contributed by atoms with E-state index in [1.165, 1.54) is 0 Å². The minimum absolute atomic E-state index is 0.00729. The minimum Gasteiger partial charge on any atom is -0.364 e. The van der Waals surface area contributed by atoms with Crippen molar-refractivity contribution in [2.75, 3.05) is 12.4 Å². The van der Waals surface area contributed by atoms with Crippen molar-refractivity contribution in [3.05, 3.63) is 70.9 Å². The van der Waals surface area contributed by atoms with Crippen LogP contribution in [0.3, 0.4) is 0 Å². The molecule has 0 aliphatic carbocycles. The monoisotopic (exact) mass is 360 g/mol. The van der Waals surface area contributed by atoms with Gasteiger partial charge in [0.1, 0.15) is 6.17 Å². The molecule has 1 atom stereocenters. The van der Waals surface area contributed by atoms with Crippen LogP contribution in [0, 0.1) is 5.92 Å². The number of likely N-dealkylation sites (N-methyl/N-ethyl adjacent to an activating group) is 1. The molecule has 2 heterocycles. The number of Topliss-reactive ketones (excluding diaryl/α,β-unsaturated/α-hetero) is 1. The third kappa shape index (κ3) is 3.04. The Morgan fingerprint density at radius 3 is 2.52 bits per heavy atom. The molecule has 2 aliphatic rings. The first-order chi connectivity index (χ1) is 13.0. The van der Waals surface area contributed by atoms with E-state index >= 15 is 0 Å². The molecule has 2 aromatic rings. The highest BCUT2D eigenvalue weighted by molar-refractivity contribution is 6.19. The van der Waals surface area contributed by atoms with Gasteiger partial charge in [-0.25, -0.2) is 10.0 Å². The number of aliphatic imine (C=N–C) groups is 1. The number of benzene rings is 2. The molecule has 2 aliphatic heterocycles. The van der Waals surface area contributed by atoms with Crippen molar-refractivity contribution in [1.29, 1.82) is 0 Å². The Balaban J connectivity index is 1.79. The van der Waals surface area contributed by atoms with Gasteiger partial charge in [0.25, 0.3) is 0 Å². The summed E-state index contributed by atoms with van der Waals surface area (Å²) in [6.45, 7) is 5.91. The number of nitrogens with zero attached hydrogens (tertiary/aromatic N) is 2. The van der Waals surface area contributed by atoms with Gasteiger partial charge in [-0.15, -0.1) is 0 Å². The topological polar surface area (TPSA) is 56.7 Å². The molecule has 0 radical (unpaired) electrons. The van der Waals surface area contributed by atoms with Crippen molar-refractivity contribution in [1.82, 2.24) is 10.4 Å². The number of carbonyl (C=O) groups excluding carboxylic acids is 1. The zero-order valence-corrected chi connectivity index (χ0v) is 16.1. The highest BCUT2D eigenvalue weighted by atomic mass is 16.1. The molecule has 4 rings (SSSR count). The lowest BCUT2D eigenvalue weighted by Gasteiger charge is -2.31. The van der Waals surface area contributed by atoms with E-state index in [4.69, 9.17) is 4.99 Å². The summed E-state index contributed by atoms with van der Waals surface area (Å²) in [5.41, 5.74) is 10.3. The van der Waals surface area contributed by atoms with E-state index in [2.05, 4.69) is 34.8 Å². The van der Waals surface area contributed by atoms with Crippen LogP contribution >= 0.6 is 0 Å². The van der Waals surface area contributed by atoms with Crippen LogP contribution in [0.1, 0.15) is 36.7 Å². The number of rotatable bonds is 3. The number of hydrazine groups is 1. The molecule has 138 valence electrons. The smallest absolute Gasteiger partial charge is 0.165 e. The van der Waals surface area contributed by atoms with Gasteiger partial charge in [-0.3, -0.25) is 4.79 Å². The van der Waals surface area contributed by atoms with Crippen molar-refractivity contribution < 1.29 is 4.79 Å². The van der Waals surface area contributed by atoms with Crippen LogP contribution in [0.25, 0.3) is 0 Å². The number of ketones is 1. The molecular formula is C22H24N4O. The molecule has 5 nitrogen and oxygen atoms in total. The minimum atomic E-state index is -0.00729. The summed E-state index contributed by atoms with van der Waals surface area (Å²) >= 11 is 0. The average Bonchev–Trinajstić information content (AvgIpc) is 2.95. The predicted molar refractivity (Wildman–Crippen MR) is 109 cm³/mol. The fourth-order valence-electron chi connectivity index (χ4n) is 3.66. The van der Waals surface area contributed by atoms with Gasteiger partial charge in [-0.1, -0.05) is 32.0 Å². The van der Waals surface area contributed by atoms with E-state index in [1.807, 2.05) is 57.3 Å². The molecule has 0 aromatic heterocycles. The number of hydrogen-bond donors (Lipinski definition) is 2. The lowest BCUT2D eigenvalue weighted by molar-refractivity contribution is 0.0939. The van der Waals surface area contributed by atoms with E-state index < -0.39 is 0 Å². The summed E-state index contributed by atoms with van der Waals surface area (Å²) in [4.78, 5) is 17.1. The average molecular weight is 360 g/mol. The number of hydrogen-bond acceptors (Lipinski definition) is 5. The quantitative estimate of drug-likeness (QED) is 0.809. The molecule has 27 heavy (non-hydrogen) atoms. The number of carbonyl (C=O) groups is 1. The van der Waals surface area contributed by atoms with Gasteiger partial charge < -0.3 is 10.7 Å². The Kier molecular flexibility index (Phi) is 4.32. The van der Waals surface area contributed by atoms with Crippen molar-refractivity contribution in [3.8, 4) is 0 Å². The summed E-state index contributed by atoms with van der Waals surface area (Å²) in [5, 5.41) is 5.63. The van der Waals surface area contributed by atoms with Gasteiger partial charge in [-0.2, -0.15) is 0 Å². The van der Waals surface area contributed by atoms with Crippen molar-refractivity contribution >= 4 is 22.9 Å². The van der Waals surface area contributed by atoms with Crippen molar-refractivity contribution in [3.63, 3.8) is 0 Å². The van der Waals surface area contributed by atoms with Gasteiger partial charge >= 0.3 is 0 Å². The van der Waals surface area contributed by atoms with Crippen LogP contribution in [0.4, 0.5) is 11.4 Å². The first-order valence-electron chi connectivity index (χ1n) is 9.25. The Hall–Kier alpha value is -2.92. The van der Waals surface area contributed by atoms with E-state index in [0.29, 0.717) is 0 Å². The third-order valence-corrected chi connectivity index (χ3v) is 5.06. The molecule has 5 heteroatoms. The third-order valence-electron chi connectivity index (χ3n) is 5.06. The van der Waals surface area contributed by atoms with Gasteiger partial charge in [0.15, 0.2) is 5.78 Å². The molecule has 2 N–H and O–H groups in total. The molecule has 0 saturated heterocycles.